The molecule has 2 N–H and O–H groups in total. The van der Waals surface area contributed by atoms with E-state index in [1.165, 1.54) is 35.6 Å². The van der Waals surface area contributed by atoms with E-state index in [1.807, 2.05) is 40.3 Å². The van der Waals surface area contributed by atoms with E-state index in [1.54, 1.807) is 12.0 Å². The number of anilines is 2. The molecule has 4 rings (SSSR count). The molecule has 0 saturated carbocycles. The predicted octanol–water partition coefficient (Wildman–Crippen LogP) is 3.87. The Labute approximate surface area is 165 Å². The fourth-order valence-corrected chi connectivity index (χ4v) is 5.33. The molecule has 1 aliphatic rings. The molecule has 8 heteroatoms. The van der Waals surface area contributed by atoms with Crippen LogP contribution in [-0.2, 0) is 6.67 Å². The number of likely N-dealkylation sites (tertiary alicyclic amines) is 1. The molecule has 136 valence electrons. The molecular formula is C18H21N4OS3+. The number of benzene rings is 1. The van der Waals surface area contributed by atoms with E-state index in [2.05, 4.69) is 22.8 Å². The van der Waals surface area contributed by atoms with E-state index in [0.717, 1.165) is 27.2 Å². The predicted molar refractivity (Wildman–Crippen MR) is 109 cm³/mol. The lowest BCUT2D eigenvalue weighted by atomic mass is 10.2. The van der Waals surface area contributed by atoms with E-state index >= 15 is 0 Å². The second kappa shape index (κ2) is 7.87. The smallest absolute Gasteiger partial charge is 0.209 e. The van der Waals surface area contributed by atoms with Crippen molar-refractivity contribution in [3.8, 4) is 5.75 Å². The van der Waals surface area contributed by atoms with Crippen LogP contribution in [0.5, 0.6) is 5.75 Å². The summed E-state index contributed by atoms with van der Waals surface area (Å²) in [7, 11) is 1.67. The molecule has 0 bridgehead atoms. The number of quaternary nitrogens is 1. The third-order valence-electron chi connectivity index (χ3n) is 4.67. The Morgan fingerprint density at radius 3 is 2.92 bits per heavy atom. The fraction of sp³-hybridized carbons (Fsp3) is 0.333. The zero-order chi connectivity index (χ0) is 17.9. The van der Waals surface area contributed by atoms with Crippen molar-refractivity contribution in [1.29, 1.82) is 0 Å². The topological polar surface area (TPSA) is 43.5 Å². The molecule has 0 amide bonds. The number of rotatable bonds is 6. The number of methoxy groups -OCH3 is 1. The average molecular weight is 406 g/mol. The van der Waals surface area contributed by atoms with Crippen molar-refractivity contribution in [2.75, 3.05) is 19.0 Å². The van der Waals surface area contributed by atoms with Crippen molar-refractivity contribution in [3.63, 3.8) is 0 Å². The van der Waals surface area contributed by atoms with Crippen molar-refractivity contribution in [2.24, 2.45) is 0 Å². The van der Waals surface area contributed by atoms with Crippen LogP contribution >= 0.6 is 34.9 Å². The van der Waals surface area contributed by atoms with Gasteiger partial charge in [0.1, 0.15) is 11.8 Å². The summed E-state index contributed by atoms with van der Waals surface area (Å²) in [5.41, 5.74) is 0.978. The van der Waals surface area contributed by atoms with Crippen molar-refractivity contribution >= 4 is 45.7 Å². The van der Waals surface area contributed by atoms with Crippen LogP contribution in [-0.4, -0.2) is 23.4 Å². The van der Waals surface area contributed by atoms with E-state index in [-0.39, 0.29) is 0 Å². The third kappa shape index (κ3) is 3.83. The van der Waals surface area contributed by atoms with Crippen LogP contribution in [0.2, 0.25) is 0 Å². The standard InChI is InChI=1S/C18H20N4OS3/c1-23-14-8-6-13(7-9-14)19-17-20-22(18(24)26-17)12-21-10-2-4-15(21)16-5-3-11-25-16/h3,5-9,11,15H,2,4,10,12H2,1H3,(H,19,20)/p+1/t15-/m1/s1. The average Bonchev–Trinajstić information content (AvgIpc) is 3.38. The molecule has 1 aromatic carbocycles. The molecule has 5 nitrogen and oxygen atoms in total. The van der Waals surface area contributed by atoms with Gasteiger partial charge in [0, 0.05) is 18.5 Å². The Morgan fingerprint density at radius 2 is 2.19 bits per heavy atom. The van der Waals surface area contributed by atoms with Gasteiger partial charge in [0.2, 0.25) is 5.13 Å². The molecule has 0 radical (unpaired) electrons. The van der Waals surface area contributed by atoms with Gasteiger partial charge in [0.15, 0.2) is 10.6 Å². The van der Waals surface area contributed by atoms with Crippen molar-refractivity contribution in [2.45, 2.75) is 25.6 Å². The number of ether oxygens (including phenoxy) is 1. The van der Waals surface area contributed by atoms with Gasteiger partial charge in [-0.05, 0) is 47.9 Å². The van der Waals surface area contributed by atoms with Crippen molar-refractivity contribution in [1.82, 2.24) is 9.78 Å². The summed E-state index contributed by atoms with van der Waals surface area (Å²) in [6.45, 7) is 1.99. The molecule has 1 aliphatic heterocycles. The molecule has 26 heavy (non-hydrogen) atoms. The van der Waals surface area contributed by atoms with Crippen LogP contribution in [0, 0.1) is 3.95 Å². The normalized spacial score (nSPS) is 19.6. The Hall–Kier alpha value is -1.74. The Morgan fingerprint density at radius 1 is 1.35 bits per heavy atom. The fourth-order valence-electron chi connectivity index (χ4n) is 3.38. The SMILES string of the molecule is COc1ccc(Nc2nn(C[NH+]3CCC[C@@H]3c3cccs3)c(=S)s2)cc1. The minimum atomic E-state index is 0.566. The van der Waals surface area contributed by atoms with Gasteiger partial charge in [-0.1, -0.05) is 17.4 Å². The Bertz CT molecular complexity index is 901. The molecule has 1 fully saturated rings. The minimum absolute atomic E-state index is 0.566. The van der Waals surface area contributed by atoms with Crippen LogP contribution < -0.4 is 15.0 Å². The van der Waals surface area contributed by atoms with Gasteiger partial charge in [0.25, 0.3) is 0 Å². The Balaban J connectivity index is 1.47. The summed E-state index contributed by atoms with van der Waals surface area (Å²) < 4.78 is 7.97. The summed E-state index contributed by atoms with van der Waals surface area (Å²) in [6, 6.07) is 12.8. The molecular weight excluding hydrogens is 384 g/mol. The number of nitrogens with zero attached hydrogens (tertiary/aromatic N) is 2. The van der Waals surface area contributed by atoms with Crippen LogP contribution in [0.15, 0.2) is 41.8 Å². The van der Waals surface area contributed by atoms with Crippen LogP contribution in [0.3, 0.4) is 0 Å². The van der Waals surface area contributed by atoms with Gasteiger partial charge in [0.05, 0.1) is 18.5 Å². The number of nitrogens with one attached hydrogen (secondary N) is 2. The van der Waals surface area contributed by atoms with Gasteiger partial charge in [-0.2, -0.15) is 4.68 Å². The highest BCUT2D eigenvalue weighted by atomic mass is 32.1. The summed E-state index contributed by atoms with van der Waals surface area (Å²) >= 11 is 8.92. The van der Waals surface area contributed by atoms with Crippen molar-refractivity contribution < 1.29 is 9.64 Å². The lowest BCUT2D eigenvalue weighted by Gasteiger charge is -2.20. The highest BCUT2D eigenvalue weighted by Gasteiger charge is 2.31. The molecule has 1 saturated heterocycles. The minimum Gasteiger partial charge on any atom is -0.497 e. The van der Waals surface area contributed by atoms with E-state index in [4.69, 9.17) is 22.1 Å². The molecule has 2 atom stereocenters. The first-order valence-electron chi connectivity index (χ1n) is 8.60. The first-order valence-corrected chi connectivity index (χ1v) is 10.7. The monoisotopic (exact) mass is 405 g/mol. The molecule has 0 aliphatic carbocycles. The van der Waals surface area contributed by atoms with Crippen LogP contribution in [0.4, 0.5) is 10.8 Å². The quantitative estimate of drug-likeness (QED) is 0.611. The maximum atomic E-state index is 5.55. The number of hydrogen-bond acceptors (Lipinski definition) is 6. The number of hydrogen-bond donors (Lipinski definition) is 2. The Kier molecular flexibility index (Phi) is 5.35. The lowest BCUT2D eigenvalue weighted by Crippen LogP contribution is -3.09. The molecule has 1 unspecified atom stereocenters. The zero-order valence-corrected chi connectivity index (χ0v) is 16.9. The summed E-state index contributed by atoms with van der Waals surface area (Å²) in [4.78, 5) is 3.01. The first kappa shape index (κ1) is 17.7. The molecule has 2 aromatic heterocycles. The largest absolute Gasteiger partial charge is 0.497 e. The second-order valence-electron chi connectivity index (χ2n) is 6.30. The summed E-state index contributed by atoms with van der Waals surface area (Å²) in [5.74, 6) is 0.839. The van der Waals surface area contributed by atoms with Gasteiger partial charge >= 0.3 is 0 Å². The van der Waals surface area contributed by atoms with E-state index in [9.17, 15) is 0 Å². The molecule has 3 heterocycles. The van der Waals surface area contributed by atoms with Gasteiger partial charge < -0.3 is 15.0 Å². The lowest BCUT2D eigenvalue weighted by molar-refractivity contribution is -0.941. The van der Waals surface area contributed by atoms with Gasteiger partial charge in [-0.3, -0.25) is 0 Å². The molecule has 3 aromatic rings. The highest BCUT2D eigenvalue weighted by Crippen LogP contribution is 2.25. The van der Waals surface area contributed by atoms with Gasteiger partial charge in [-0.25, -0.2) is 0 Å². The highest BCUT2D eigenvalue weighted by molar-refractivity contribution is 7.73. The zero-order valence-electron chi connectivity index (χ0n) is 14.5. The maximum Gasteiger partial charge on any atom is 0.209 e. The van der Waals surface area contributed by atoms with Crippen molar-refractivity contribution in [3.05, 3.63) is 50.6 Å². The second-order valence-corrected chi connectivity index (χ2v) is 8.90. The first-order chi connectivity index (χ1) is 12.7. The number of thiophene rings is 1. The van der Waals surface area contributed by atoms with Crippen LogP contribution in [0.1, 0.15) is 23.8 Å². The third-order valence-corrected chi connectivity index (χ3v) is 6.88. The van der Waals surface area contributed by atoms with E-state index < -0.39 is 0 Å². The van der Waals surface area contributed by atoms with Gasteiger partial charge in [-0.15, -0.1) is 16.4 Å². The summed E-state index contributed by atoms with van der Waals surface area (Å²) in [5, 5.41) is 11.0. The maximum absolute atomic E-state index is 5.55. The molecule has 0 spiro atoms. The van der Waals surface area contributed by atoms with Crippen LogP contribution in [0.25, 0.3) is 0 Å². The van der Waals surface area contributed by atoms with E-state index in [0.29, 0.717) is 6.04 Å². The summed E-state index contributed by atoms with van der Waals surface area (Å²) in [6.07, 6.45) is 2.50. The number of aromatic nitrogens is 2.